The largest absolute Gasteiger partial charge is 0.380 e. The van der Waals surface area contributed by atoms with Crippen LogP contribution in [0, 0.1) is 5.92 Å². The van der Waals surface area contributed by atoms with E-state index in [0.29, 0.717) is 12.0 Å². The van der Waals surface area contributed by atoms with Gasteiger partial charge in [0.05, 0.1) is 11.4 Å². The third-order valence-corrected chi connectivity index (χ3v) is 3.72. The molecule has 0 bridgehead atoms. The molecule has 1 saturated carbocycles. The average molecular weight is 235 g/mol. The number of hydrogen-bond acceptors (Lipinski definition) is 2. The Labute approximate surface area is 105 Å². The quantitative estimate of drug-likeness (QED) is 0.846. The van der Waals surface area contributed by atoms with Gasteiger partial charge in [0.1, 0.15) is 0 Å². The minimum Gasteiger partial charge on any atom is -0.380 e. The zero-order valence-corrected chi connectivity index (χ0v) is 11.5. The van der Waals surface area contributed by atoms with Crippen molar-refractivity contribution in [2.45, 2.75) is 58.4 Å². The molecular formula is C14H25N3. The Balaban J connectivity index is 1.96. The lowest BCUT2D eigenvalue weighted by atomic mass is 9.81. The summed E-state index contributed by atoms with van der Waals surface area (Å²) >= 11 is 0. The van der Waals surface area contributed by atoms with Crippen molar-refractivity contribution < 1.29 is 0 Å². The Kier molecular flexibility index (Phi) is 3.75. The van der Waals surface area contributed by atoms with Gasteiger partial charge >= 0.3 is 0 Å². The maximum atomic E-state index is 4.53. The molecule has 2 rings (SSSR count). The van der Waals surface area contributed by atoms with Crippen LogP contribution in [0.3, 0.4) is 0 Å². The van der Waals surface area contributed by atoms with Crippen LogP contribution in [-0.2, 0) is 7.05 Å². The van der Waals surface area contributed by atoms with E-state index in [2.05, 4.69) is 37.4 Å². The summed E-state index contributed by atoms with van der Waals surface area (Å²) in [5.41, 5.74) is 2.40. The van der Waals surface area contributed by atoms with Gasteiger partial charge in [0.2, 0.25) is 0 Å². The van der Waals surface area contributed by atoms with Gasteiger partial charge in [0.25, 0.3) is 0 Å². The Morgan fingerprint density at radius 2 is 2.12 bits per heavy atom. The van der Waals surface area contributed by atoms with Crippen LogP contribution in [0.1, 0.15) is 58.1 Å². The summed E-state index contributed by atoms with van der Waals surface area (Å²) in [6.07, 6.45) is 7.69. The predicted octanol–water partition coefficient (Wildman–Crippen LogP) is 3.53. The van der Waals surface area contributed by atoms with Crippen molar-refractivity contribution in [1.29, 1.82) is 0 Å². The first kappa shape index (κ1) is 12.5. The zero-order valence-electron chi connectivity index (χ0n) is 11.5. The number of hydrogen-bond donors (Lipinski definition) is 1. The molecule has 0 aromatic carbocycles. The molecule has 1 N–H and O–H groups in total. The fraction of sp³-hybridized carbons (Fsp3) is 0.786. The monoisotopic (exact) mass is 235 g/mol. The van der Waals surface area contributed by atoms with Crippen molar-refractivity contribution in [1.82, 2.24) is 9.78 Å². The van der Waals surface area contributed by atoms with Gasteiger partial charge < -0.3 is 5.32 Å². The molecule has 0 radical (unpaired) electrons. The predicted molar refractivity (Wildman–Crippen MR) is 72.3 cm³/mol. The molecule has 96 valence electrons. The first-order valence-electron chi connectivity index (χ1n) is 6.86. The molecular weight excluding hydrogens is 210 g/mol. The van der Waals surface area contributed by atoms with Crippen molar-refractivity contribution in [2.24, 2.45) is 13.0 Å². The Morgan fingerprint density at radius 3 is 2.65 bits per heavy atom. The summed E-state index contributed by atoms with van der Waals surface area (Å²) in [6, 6.07) is 0.557. The summed E-state index contributed by atoms with van der Waals surface area (Å²) in [4.78, 5) is 0. The minimum atomic E-state index is 0.481. The molecule has 0 aliphatic heterocycles. The molecule has 1 aromatic heterocycles. The summed E-state index contributed by atoms with van der Waals surface area (Å²) in [7, 11) is 1.99. The van der Waals surface area contributed by atoms with Crippen molar-refractivity contribution in [3.05, 3.63) is 11.9 Å². The fourth-order valence-electron chi connectivity index (χ4n) is 2.60. The number of rotatable bonds is 5. The molecule has 1 atom stereocenters. The number of aromatic nitrogens is 2. The van der Waals surface area contributed by atoms with Crippen LogP contribution in [0.2, 0.25) is 0 Å². The lowest BCUT2D eigenvalue weighted by molar-refractivity contribution is 0.286. The maximum Gasteiger partial charge on any atom is 0.0881 e. The molecule has 3 heteroatoms. The van der Waals surface area contributed by atoms with E-state index < -0.39 is 0 Å². The SMILES string of the molecule is CC(CC1CCC1)Nc1cn(C)nc1C(C)C. The highest BCUT2D eigenvalue weighted by molar-refractivity contribution is 5.48. The molecule has 3 nitrogen and oxygen atoms in total. The van der Waals surface area contributed by atoms with Crippen molar-refractivity contribution in [3.63, 3.8) is 0 Å². The van der Waals surface area contributed by atoms with E-state index in [1.807, 2.05) is 11.7 Å². The van der Waals surface area contributed by atoms with Crippen LogP contribution < -0.4 is 5.32 Å². The fourth-order valence-corrected chi connectivity index (χ4v) is 2.60. The van der Waals surface area contributed by atoms with Crippen LogP contribution >= 0.6 is 0 Å². The van der Waals surface area contributed by atoms with E-state index in [9.17, 15) is 0 Å². The number of anilines is 1. The summed E-state index contributed by atoms with van der Waals surface area (Å²) in [5, 5.41) is 8.16. The van der Waals surface area contributed by atoms with Gasteiger partial charge in [0.15, 0.2) is 0 Å². The highest BCUT2D eigenvalue weighted by atomic mass is 15.3. The topological polar surface area (TPSA) is 29.9 Å². The zero-order chi connectivity index (χ0) is 12.4. The van der Waals surface area contributed by atoms with E-state index in [1.54, 1.807) is 0 Å². The molecule has 1 fully saturated rings. The van der Waals surface area contributed by atoms with Gasteiger partial charge in [-0.15, -0.1) is 0 Å². The van der Waals surface area contributed by atoms with Gasteiger partial charge in [-0.2, -0.15) is 5.10 Å². The molecule has 1 aromatic rings. The Hall–Kier alpha value is -0.990. The molecule has 1 heterocycles. The highest BCUT2D eigenvalue weighted by Gasteiger charge is 2.21. The normalized spacial score (nSPS) is 18.2. The molecule has 0 saturated heterocycles. The van der Waals surface area contributed by atoms with Crippen LogP contribution in [0.4, 0.5) is 5.69 Å². The average Bonchev–Trinajstić information content (AvgIpc) is 2.53. The molecule has 1 aliphatic rings. The van der Waals surface area contributed by atoms with Gasteiger partial charge in [-0.05, 0) is 25.2 Å². The Morgan fingerprint density at radius 1 is 1.41 bits per heavy atom. The first-order chi connectivity index (χ1) is 8.06. The van der Waals surface area contributed by atoms with E-state index in [1.165, 1.54) is 37.1 Å². The standard InChI is InChI=1S/C14H25N3/c1-10(2)14-13(9-17(4)16-14)15-11(3)8-12-6-5-7-12/h9-12,15H,5-8H2,1-4H3. The first-order valence-corrected chi connectivity index (χ1v) is 6.86. The molecule has 1 aliphatic carbocycles. The number of aryl methyl sites for hydroxylation is 1. The number of nitrogens with zero attached hydrogens (tertiary/aromatic N) is 2. The van der Waals surface area contributed by atoms with Crippen molar-refractivity contribution in [3.8, 4) is 0 Å². The van der Waals surface area contributed by atoms with E-state index in [4.69, 9.17) is 0 Å². The second kappa shape index (κ2) is 5.11. The highest BCUT2D eigenvalue weighted by Crippen LogP contribution is 2.31. The number of nitrogens with one attached hydrogen (secondary N) is 1. The summed E-state index contributed by atoms with van der Waals surface area (Å²) < 4.78 is 1.91. The Bertz CT molecular complexity index is 364. The molecule has 0 spiro atoms. The lowest BCUT2D eigenvalue weighted by Gasteiger charge is -2.28. The van der Waals surface area contributed by atoms with Crippen LogP contribution in [-0.4, -0.2) is 15.8 Å². The smallest absolute Gasteiger partial charge is 0.0881 e. The maximum absolute atomic E-state index is 4.53. The van der Waals surface area contributed by atoms with Crippen molar-refractivity contribution in [2.75, 3.05) is 5.32 Å². The molecule has 1 unspecified atom stereocenters. The second-order valence-corrected chi connectivity index (χ2v) is 5.83. The molecule has 0 amide bonds. The minimum absolute atomic E-state index is 0.481. The lowest BCUT2D eigenvalue weighted by Crippen LogP contribution is -2.23. The van der Waals surface area contributed by atoms with Gasteiger partial charge in [0, 0.05) is 19.3 Å². The summed E-state index contributed by atoms with van der Waals surface area (Å²) in [6.45, 7) is 6.68. The summed E-state index contributed by atoms with van der Waals surface area (Å²) in [5.74, 6) is 1.44. The van der Waals surface area contributed by atoms with Crippen LogP contribution in [0.15, 0.2) is 6.20 Å². The van der Waals surface area contributed by atoms with E-state index in [-0.39, 0.29) is 0 Å². The van der Waals surface area contributed by atoms with Gasteiger partial charge in [-0.25, -0.2) is 0 Å². The third kappa shape index (κ3) is 3.02. The van der Waals surface area contributed by atoms with Crippen LogP contribution in [0.5, 0.6) is 0 Å². The second-order valence-electron chi connectivity index (χ2n) is 5.83. The van der Waals surface area contributed by atoms with Gasteiger partial charge in [-0.1, -0.05) is 33.1 Å². The van der Waals surface area contributed by atoms with Crippen molar-refractivity contribution >= 4 is 5.69 Å². The van der Waals surface area contributed by atoms with E-state index >= 15 is 0 Å². The van der Waals surface area contributed by atoms with Crippen LogP contribution in [0.25, 0.3) is 0 Å². The van der Waals surface area contributed by atoms with E-state index in [0.717, 1.165) is 5.92 Å². The molecule has 17 heavy (non-hydrogen) atoms. The third-order valence-electron chi connectivity index (χ3n) is 3.72. The van der Waals surface area contributed by atoms with Gasteiger partial charge in [-0.3, -0.25) is 4.68 Å².